The van der Waals surface area contributed by atoms with Gasteiger partial charge in [0.15, 0.2) is 11.0 Å². The highest BCUT2D eigenvalue weighted by Crippen LogP contribution is 2.26. The second-order valence-corrected chi connectivity index (χ2v) is 8.47. The molecule has 0 saturated carbocycles. The van der Waals surface area contributed by atoms with E-state index in [0.717, 1.165) is 35.4 Å². The van der Waals surface area contributed by atoms with Crippen LogP contribution in [0.25, 0.3) is 5.69 Å². The van der Waals surface area contributed by atoms with Crippen LogP contribution in [-0.4, -0.2) is 39.0 Å². The smallest absolute Gasteiger partial charge is 0.321 e. The highest BCUT2D eigenvalue weighted by Gasteiger charge is 2.18. The van der Waals surface area contributed by atoms with Gasteiger partial charge in [-0.1, -0.05) is 61.5 Å². The number of nitrogens with one attached hydrogen (secondary N) is 2. The Labute approximate surface area is 198 Å². The molecule has 0 saturated heterocycles. The number of carbonyl (C=O) groups excluding carboxylic acids is 2. The summed E-state index contributed by atoms with van der Waals surface area (Å²) < 4.78 is 7.96. The number of carbonyl (C=O) groups is 2. The standard InChI is InChI=1S/C24H29N5O3S/c1-4-5-14-25-23(31)26-21(30)16-33-24-28-27-20(29(24)19-12-7-6-8-13-19)15-32-22-17(2)10-9-11-18(22)3/h6-13H,4-5,14-16H2,1-3H3,(H2,25,26,30,31). The Balaban J connectivity index is 1.71. The first kappa shape index (κ1) is 24.3. The number of aromatic nitrogens is 3. The van der Waals surface area contributed by atoms with E-state index in [-0.39, 0.29) is 12.4 Å². The van der Waals surface area contributed by atoms with Crippen molar-refractivity contribution in [3.8, 4) is 11.4 Å². The molecular weight excluding hydrogens is 438 g/mol. The SMILES string of the molecule is CCCCNC(=O)NC(=O)CSc1nnc(COc2c(C)cccc2C)n1-c1ccccc1. The highest BCUT2D eigenvalue weighted by atomic mass is 32.2. The lowest BCUT2D eigenvalue weighted by Gasteiger charge is -2.13. The van der Waals surface area contributed by atoms with E-state index in [2.05, 4.69) is 20.8 Å². The molecule has 1 aromatic heterocycles. The lowest BCUT2D eigenvalue weighted by atomic mass is 10.1. The highest BCUT2D eigenvalue weighted by molar-refractivity contribution is 7.99. The fraction of sp³-hybridized carbons (Fsp3) is 0.333. The van der Waals surface area contributed by atoms with E-state index in [1.807, 2.05) is 73.9 Å². The molecule has 9 heteroatoms. The maximum absolute atomic E-state index is 12.2. The average Bonchev–Trinajstić information content (AvgIpc) is 3.21. The van der Waals surface area contributed by atoms with E-state index in [1.54, 1.807) is 0 Å². The average molecular weight is 468 g/mol. The predicted octanol–water partition coefficient (Wildman–Crippen LogP) is 4.18. The van der Waals surface area contributed by atoms with Gasteiger partial charge < -0.3 is 10.1 Å². The zero-order valence-corrected chi connectivity index (χ0v) is 19.9. The number of amides is 3. The molecule has 8 nitrogen and oxygen atoms in total. The molecule has 0 bridgehead atoms. The zero-order valence-electron chi connectivity index (χ0n) is 19.1. The Hall–Kier alpha value is -3.33. The molecule has 3 aromatic rings. The molecule has 3 rings (SSSR count). The van der Waals surface area contributed by atoms with E-state index < -0.39 is 11.9 Å². The Kier molecular flexibility index (Phi) is 8.88. The van der Waals surface area contributed by atoms with Gasteiger partial charge in [-0.3, -0.25) is 14.7 Å². The molecule has 0 spiro atoms. The maximum Gasteiger partial charge on any atom is 0.321 e. The van der Waals surface area contributed by atoms with E-state index >= 15 is 0 Å². The maximum atomic E-state index is 12.2. The summed E-state index contributed by atoms with van der Waals surface area (Å²) in [7, 11) is 0. The van der Waals surface area contributed by atoms with Gasteiger partial charge in [-0.15, -0.1) is 10.2 Å². The number of imide groups is 1. The van der Waals surface area contributed by atoms with Gasteiger partial charge in [0.2, 0.25) is 5.91 Å². The number of unbranched alkanes of at least 4 members (excludes halogenated alkanes) is 1. The Bertz CT molecular complexity index is 1060. The topological polar surface area (TPSA) is 98.1 Å². The van der Waals surface area contributed by atoms with E-state index in [0.29, 0.717) is 17.5 Å². The van der Waals surface area contributed by atoms with Crippen LogP contribution in [0.2, 0.25) is 0 Å². The fourth-order valence-electron chi connectivity index (χ4n) is 3.20. The van der Waals surface area contributed by atoms with Gasteiger partial charge in [-0.2, -0.15) is 0 Å². The number of hydrogen-bond donors (Lipinski definition) is 2. The van der Waals surface area contributed by atoms with Crippen LogP contribution in [0.15, 0.2) is 53.7 Å². The van der Waals surface area contributed by atoms with Gasteiger partial charge >= 0.3 is 6.03 Å². The monoisotopic (exact) mass is 467 g/mol. The largest absolute Gasteiger partial charge is 0.485 e. The van der Waals surface area contributed by atoms with Crippen molar-refractivity contribution in [2.24, 2.45) is 0 Å². The van der Waals surface area contributed by atoms with Gasteiger partial charge in [-0.25, -0.2) is 4.79 Å². The van der Waals surface area contributed by atoms with E-state index in [4.69, 9.17) is 4.74 Å². The molecule has 0 aliphatic rings. The molecule has 0 unspecified atom stereocenters. The number of rotatable bonds is 10. The fourth-order valence-corrected chi connectivity index (χ4v) is 3.97. The quantitative estimate of drug-likeness (QED) is 0.343. The number of urea groups is 1. The molecule has 0 fully saturated rings. The van der Waals surface area contributed by atoms with E-state index in [1.165, 1.54) is 11.8 Å². The molecule has 2 aromatic carbocycles. The second kappa shape index (κ2) is 12.1. The van der Waals surface area contributed by atoms with Crippen molar-refractivity contribution in [2.45, 2.75) is 45.4 Å². The van der Waals surface area contributed by atoms with Gasteiger partial charge in [0, 0.05) is 12.2 Å². The minimum atomic E-state index is -0.485. The molecule has 0 atom stereocenters. The normalized spacial score (nSPS) is 10.6. The first-order chi connectivity index (χ1) is 16.0. The predicted molar refractivity (Wildman–Crippen MR) is 129 cm³/mol. The van der Waals surface area contributed by atoms with Crippen molar-refractivity contribution in [2.75, 3.05) is 12.3 Å². The third kappa shape index (κ3) is 6.82. The van der Waals surface area contributed by atoms with Gasteiger partial charge in [0.25, 0.3) is 0 Å². The third-order valence-electron chi connectivity index (χ3n) is 4.87. The number of para-hydroxylation sites is 2. The van der Waals surface area contributed by atoms with Gasteiger partial charge in [0.1, 0.15) is 12.4 Å². The molecule has 174 valence electrons. The zero-order chi connectivity index (χ0) is 23.6. The summed E-state index contributed by atoms with van der Waals surface area (Å²) >= 11 is 1.21. The molecule has 0 radical (unpaired) electrons. The number of thioether (sulfide) groups is 1. The van der Waals surface area contributed by atoms with Crippen molar-refractivity contribution in [3.05, 3.63) is 65.5 Å². The van der Waals surface area contributed by atoms with Crippen molar-refractivity contribution >= 4 is 23.7 Å². The van der Waals surface area contributed by atoms with Crippen LogP contribution in [0, 0.1) is 13.8 Å². The molecule has 33 heavy (non-hydrogen) atoms. The van der Waals surface area contributed by atoms with Crippen LogP contribution < -0.4 is 15.4 Å². The van der Waals surface area contributed by atoms with Crippen molar-refractivity contribution in [1.82, 2.24) is 25.4 Å². The van der Waals surface area contributed by atoms with Crippen LogP contribution in [0.1, 0.15) is 36.7 Å². The van der Waals surface area contributed by atoms with Crippen molar-refractivity contribution < 1.29 is 14.3 Å². The Morgan fingerprint density at radius 1 is 1.03 bits per heavy atom. The molecule has 1 heterocycles. The van der Waals surface area contributed by atoms with Crippen LogP contribution in [0.4, 0.5) is 4.79 Å². The first-order valence-corrected chi connectivity index (χ1v) is 11.9. The van der Waals surface area contributed by atoms with Crippen molar-refractivity contribution in [3.63, 3.8) is 0 Å². The number of nitrogens with zero attached hydrogens (tertiary/aromatic N) is 3. The molecule has 0 aliphatic carbocycles. The Morgan fingerprint density at radius 3 is 2.45 bits per heavy atom. The molecule has 0 aliphatic heterocycles. The van der Waals surface area contributed by atoms with Crippen LogP contribution in [0.5, 0.6) is 5.75 Å². The molecular formula is C24H29N5O3S. The summed E-state index contributed by atoms with van der Waals surface area (Å²) in [6, 6.07) is 15.2. The number of aryl methyl sites for hydroxylation is 2. The van der Waals surface area contributed by atoms with Crippen LogP contribution in [0.3, 0.4) is 0 Å². The lowest BCUT2D eigenvalue weighted by molar-refractivity contribution is -0.117. The number of benzene rings is 2. The van der Waals surface area contributed by atoms with Gasteiger partial charge in [-0.05, 0) is 43.5 Å². The van der Waals surface area contributed by atoms with Gasteiger partial charge in [0.05, 0.1) is 5.75 Å². The first-order valence-electron chi connectivity index (χ1n) is 10.9. The van der Waals surface area contributed by atoms with Crippen molar-refractivity contribution in [1.29, 1.82) is 0 Å². The number of ether oxygens (including phenoxy) is 1. The number of hydrogen-bond acceptors (Lipinski definition) is 6. The van der Waals surface area contributed by atoms with Crippen LogP contribution in [-0.2, 0) is 11.4 Å². The van der Waals surface area contributed by atoms with E-state index in [9.17, 15) is 9.59 Å². The lowest BCUT2D eigenvalue weighted by Crippen LogP contribution is -2.40. The summed E-state index contributed by atoms with van der Waals surface area (Å²) in [6.45, 7) is 6.80. The minimum Gasteiger partial charge on any atom is -0.485 e. The summed E-state index contributed by atoms with van der Waals surface area (Å²) in [5.74, 6) is 1.07. The summed E-state index contributed by atoms with van der Waals surface area (Å²) in [4.78, 5) is 24.0. The second-order valence-electron chi connectivity index (χ2n) is 7.53. The molecule has 3 amide bonds. The Morgan fingerprint density at radius 2 is 1.76 bits per heavy atom. The minimum absolute atomic E-state index is 0.0317. The summed E-state index contributed by atoms with van der Waals surface area (Å²) in [5, 5.41) is 14.1. The molecule has 2 N–H and O–H groups in total. The summed E-state index contributed by atoms with van der Waals surface area (Å²) in [6.07, 6.45) is 1.83. The third-order valence-corrected chi connectivity index (χ3v) is 5.80. The van der Waals surface area contributed by atoms with Crippen LogP contribution >= 0.6 is 11.8 Å². The summed E-state index contributed by atoms with van der Waals surface area (Å²) in [5.41, 5.74) is 2.95.